The van der Waals surface area contributed by atoms with Gasteiger partial charge in [-0.25, -0.2) is 9.18 Å². The van der Waals surface area contributed by atoms with Gasteiger partial charge in [0.2, 0.25) is 5.43 Å². The average Bonchev–Trinajstić information content (AvgIpc) is 3.21. The number of carboxylic acids is 1. The number of aromatic carboxylic acids is 1. The minimum Gasteiger partial charge on any atom is -0.487 e. The first-order valence-corrected chi connectivity index (χ1v) is 10.8. The van der Waals surface area contributed by atoms with Crippen LogP contribution in [0.1, 0.15) is 29.7 Å². The first kappa shape index (κ1) is 20.3. The highest BCUT2D eigenvalue weighted by molar-refractivity contribution is 5.97. The molecule has 0 bridgehead atoms. The molecule has 0 radical (unpaired) electrons. The number of ether oxygens (including phenoxy) is 1. The molecule has 5 rings (SSSR count). The fourth-order valence-corrected chi connectivity index (χ4v) is 5.09. The molecule has 9 heteroatoms. The van der Waals surface area contributed by atoms with Gasteiger partial charge in [0.15, 0.2) is 11.6 Å². The second-order valence-corrected chi connectivity index (χ2v) is 8.90. The van der Waals surface area contributed by atoms with E-state index in [1.165, 1.54) is 12.3 Å². The number of anilines is 1. The minimum atomic E-state index is -1.31. The number of nitrogens with zero attached hydrogens (tertiary/aromatic N) is 4. The van der Waals surface area contributed by atoms with Crippen LogP contribution < -0.4 is 15.1 Å². The van der Waals surface area contributed by atoms with Gasteiger partial charge in [-0.2, -0.15) is 0 Å². The van der Waals surface area contributed by atoms with Crippen LogP contribution in [0.5, 0.6) is 5.75 Å². The molecule has 1 aromatic carbocycles. The van der Waals surface area contributed by atoms with Crippen LogP contribution in [0, 0.1) is 5.82 Å². The van der Waals surface area contributed by atoms with Crippen LogP contribution in [0.3, 0.4) is 0 Å². The number of carboxylic acid groups (broad SMARTS) is 1. The number of hydrogen-bond acceptors (Lipinski definition) is 6. The Hall–Kier alpha value is -2.65. The molecular weight excluding hydrogens is 403 g/mol. The number of likely N-dealkylation sites (N-methyl/N-ethyl adjacent to an activating group) is 1. The summed E-state index contributed by atoms with van der Waals surface area (Å²) in [5.41, 5.74) is -0.170. The van der Waals surface area contributed by atoms with E-state index in [1.54, 1.807) is 4.57 Å². The third-order valence-electron chi connectivity index (χ3n) is 6.91. The Bertz CT molecular complexity index is 1110. The molecule has 3 aliphatic rings. The maximum absolute atomic E-state index is 15.4. The first-order valence-electron chi connectivity index (χ1n) is 10.8. The largest absolute Gasteiger partial charge is 0.487 e. The maximum atomic E-state index is 15.4. The number of rotatable bonds is 3. The van der Waals surface area contributed by atoms with Crippen LogP contribution in [0.4, 0.5) is 10.1 Å². The summed E-state index contributed by atoms with van der Waals surface area (Å²) >= 11 is 0. The van der Waals surface area contributed by atoms with E-state index in [2.05, 4.69) is 16.8 Å². The van der Waals surface area contributed by atoms with Crippen molar-refractivity contribution in [2.75, 3.05) is 57.8 Å². The summed E-state index contributed by atoms with van der Waals surface area (Å²) in [5.74, 6) is -1.50. The first-order chi connectivity index (χ1) is 14.8. The van der Waals surface area contributed by atoms with Gasteiger partial charge in [-0.15, -0.1) is 0 Å². The highest BCUT2D eigenvalue weighted by atomic mass is 19.1. The van der Waals surface area contributed by atoms with E-state index < -0.39 is 17.2 Å². The van der Waals surface area contributed by atoms with Crippen molar-refractivity contribution in [3.8, 4) is 5.75 Å². The molecule has 1 N–H and O–H groups in total. The number of aromatic nitrogens is 1. The number of halogens is 1. The summed E-state index contributed by atoms with van der Waals surface area (Å²) in [5, 5.41) is 9.48. The van der Waals surface area contributed by atoms with Crippen LogP contribution >= 0.6 is 0 Å². The molecule has 4 heterocycles. The topological polar surface area (TPSA) is 78.2 Å². The predicted octanol–water partition coefficient (Wildman–Crippen LogP) is 1.62. The van der Waals surface area contributed by atoms with Crippen molar-refractivity contribution < 1.29 is 19.0 Å². The molecule has 0 saturated carbocycles. The SMILES string of the molecule is C[C@H]1COc2c(N3CC[C@@H](N4CCN(C)CC4)C3)c(F)cc3c(=O)c(C(=O)O)cn1c23. The van der Waals surface area contributed by atoms with Gasteiger partial charge in [-0.1, -0.05) is 0 Å². The molecule has 2 fully saturated rings. The van der Waals surface area contributed by atoms with Crippen molar-refractivity contribution >= 4 is 22.6 Å². The molecule has 0 spiro atoms. The summed E-state index contributed by atoms with van der Waals surface area (Å²) in [6, 6.07) is 1.38. The summed E-state index contributed by atoms with van der Waals surface area (Å²) in [7, 11) is 2.13. The monoisotopic (exact) mass is 430 g/mol. The molecule has 1 aromatic heterocycles. The van der Waals surface area contributed by atoms with Gasteiger partial charge in [0.1, 0.15) is 17.9 Å². The average molecular weight is 430 g/mol. The molecule has 31 heavy (non-hydrogen) atoms. The predicted molar refractivity (Wildman–Crippen MR) is 115 cm³/mol. The van der Waals surface area contributed by atoms with Gasteiger partial charge in [-0.3, -0.25) is 9.69 Å². The Kier molecular flexibility index (Phi) is 4.90. The molecule has 0 unspecified atom stereocenters. The smallest absolute Gasteiger partial charge is 0.341 e. The molecule has 0 aliphatic carbocycles. The van der Waals surface area contributed by atoms with Gasteiger partial charge in [-0.05, 0) is 26.5 Å². The summed E-state index contributed by atoms with van der Waals surface area (Å²) < 4.78 is 23.1. The van der Waals surface area contributed by atoms with Crippen LogP contribution in [0.2, 0.25) is 0 Å². The van der Waals surface area contributed by atoms with Gasteiger partial charge in [0.25, 0.3) is 0 Å². The maximum Gasteiger partial charge on any atom is 0.341 e. The molecule has 8 nitrogen and oxygen atoms in total. The zero-order valence-corrected chi connectivity index (χ0v) is 17.8. The molecular formula is C22H27FN4O4. The third-order valence-corrected chi connectivity index (χ3v) is 6.91. The van der Waals surface area contributed by atoms with E-state index in [4.69, 9.17) is 4.74 Å². The van der Waals surface area contributed by atoms with E-state index in [-0.39, 0.29) is 23.6 Å². The number of carbonyl (C=O) groups is 1. The quantitative estimate of drug-likeness (QED) is 0.793. The lowest BCUT2D eigenvalue weighted by Gasteiger charge is -2.36. The van der Waals surface area contributed by atoms with E-state index in [0.717, 1.165) is 32.6 Å². The van der Waals surface area contributed by atoms with Crippen LogP contribution in [0.15, 0.2) is 17.1 Å². The lowest BCUT2D eigenvalue weighted by Crippen LogP contribution is -2.49. The van der Waals surface area contributed by atoms with E-state index >= 15 is 4.39 Å². The Morgan fingerprint density at radius 2 is 1.97 bits per heavy atom. The third kappa shape index (κ3) is 3.27. The molecule has 0 amide bonds. The van der Waals surface area contributed by atoms with Crippen LogP contribution in [0.25, 0.3) is 10.9 Å². The standard InChI is InChI=1S/C22H27FN4O4/c1-13-12-31-21-18-15(20(28)16(22(29)30)11-27(13)18)9-17(23)19(21)26-4-3-14(10-26)25-7-5-24(2)6-8-25/h9,11,13-14H,3-8,10,12H2,1-2H3,(H,29,30)/t13-,14+/m0/s1. The molecule has 2 atom stereocenters. The Labute approximate surface area is 179 Å². The molecule has 166 valence electrons. The van der Waals surface area contributed by atoms with E-state index in [9.17, 15) is 14.7 Å². The second-order valence-electron chi connectivity index (χ2n) is 8.90. The van der Waals surface area contributed by atoms with Crippen molar-refractivity contribution in [1.82, 2.24) is 14.4 Å². The lowest BCUT2D eigenvalue weighted by atomic mass is 10.1. The van der Waals surface area contributed by atoms with E-state index in [0.29, 0.717) is 36.1 Å². The van der Waals surface area contributed by atoms with Crippen molar-refractivity contribution in [2.24, 2.45) is 0 Å². The van der Waals surface area contributed by atoms with Gasteiger partial charge >= 0.3 is 5.97 Å². The van der Waals surface area contributed by atoms with Crippen molar-refractivity contribution in [3.63, 3.8) is 0 Å². The zero-order valence-electron chi connectivity index (χ0n) is 17.8. The van der Waals surface area contributed by atoms with Gasteiger partial charge in [0.05, 0.1) is 16.9 Å². The van der Waals surface area contributed by atoms with Gasteiger partial charge in [0, 0.05) is 51.5 Å². The summed E-state index contributed by atoms with van der Waals surface area (Å²) in [6.45, 7) is 7.67. The number of pyridine rings is 1. The summed E-state index contributed by atoms with van der Waals surface area (Å²) in [6.07, 6.45) is 2.31. The zero-order chi connectivity index (χ0) is 21.9. The Balaban J connectivity index is 1.57. The van der Waals surface area contributed by atoms with Gasteiger partial charge < -0.3 is 24.2 Å². The van der Waals surface area contributed by atoms with Crippen LogP contribution in [-0.2, 0) is 0 Å². The normalized spacial score (nSPS) is 24.5. The number of piperazine rings is 1. The fourth-order valence-electron chi connectivity index (χ4n) is 5.09. The number of hydrogen-bond donors (Lipinski definition) is 1. The molecule has 3 aliphatic heterocycles. The fraction of sp³-hybridized carbons (Fsp3) is 0.545. The van der Waals surface area contributed by atoms with Crippen molar-refractivity contribution in [3.05, 3.63) is 33.9 Å². The van der Waals surface area contributed by atoms with Crippen LogP contribution in [-0.4, -0.2) is 84.4 Å². The second kappa shape index (κ2) is 7.49. The molecule has 2 aromatic rings. The minimum absolute atomic E-state index is 0.0533. The Morgan fingerprint density at radius 3 is 2.68 bits per heavy atom. The van der Waals surface area contributed by atoms with E-state index in [1.807, 2.05) is 11.8 Å². The highest BCUT2D eigenvalue weighted by Crippen LogP contribution is 2.43. The summed E-state index contributed by atoms with van der Waals surface area (Å²) in [4.78, 5) is 31.1. The van der Waals surface area contributed by atoms with Crippen molar-refractivity contribution in [2.45, 2.75) is 25.4 Å². The molecule has 2 saturated heterocycles. The number of benzene rings is 1. The lowest BCUT2D eigenvalue weighted by molar-refractivity contribution is 0.0694. The van der Waals surface area contributed by atoms with Crippen molar-refractivity contribution in [1.29, 1.82) is 0 Å². The Morgan fingerprint density at radius 1 is 1.23 bits per heavy atom. The highest BCUT2D eigenvalue weighted by Gasteiger charge is 2.35.